The van der Waals surface area contributed by atoms with Crippen LogP contribution < -0.4 is 0 Å². The van der Waals surface area contributed by atoms with E-state index in [1.54, 1.807) is 0 Å². The van der Waals surface area contributed by atoms with Crippen LogP contribution in [-0.4, -0.2) is 11.1 Å². The van der Waals surface area contributed by atoms with Gasteiger partial charge < -0.3 is 5.11 Å². The standard InChI is InChI=1S/C4H10.C3H4O2.C2H4/c1-4(2)3;1-2-3(4)5;1-2/h4H,1-3H3;2H,1H2,(H,4,5);1-2H2. The average Bonchev–Trinajstić information content (AvgIpc) is 1.91. The van der Waals surface area contributed by atoms with E-state index in [4.69, 9.17) is 5.11 Å². The van der Waals surface area contributed by atoms with E-state index in [0.717, 1.165) is 12.0 Å². The predicted molar refractivity (Wildman–Crippen MR) is 49.6 cm³/mol. The van der Waals surface area contributed by atoms with Crippen molar-refractivity contribution < 1.29 is 9.90 Å². The Balaban J connectivity index is -0.0000000965. The summed E-state index contributed by atoms with van der Waals surface area (Å²) in [6, 6.07) is 0. The van der Waals surface area contributed by atoms with Gasteiger partial charge in [-0.3, -0.25) is 0 Å². The second-order valence-electron chi connectivity index (χ2n) is 2.27. The molecular formula is C9H18O2. The Hall–Kier alpha value is -1.05. The van der Waals surface area contributed by atoms with Gasteiger partial charge in [0.25, 0.3) is 0 Å². The Labute approximate surface area is 69.2 Å². The van der Waals surface area contributed by atoms with Gasteiger partial charge in [0.1, 0.15) is 0 Å². The molecule has 0 amide bonds. The van der Waals surface area contributed by atoms with Gasteiger partial charge in [0, 0.05) is 6.08 Å². The molecule has 0 radical (unpaired) electrons. The third kappa shape index (κ3) is 479. The molecule has 0 fully saturated rings. The van der Waals surface area contributed by atoms with Crippen molar-refractivity contribution >= 4 is 5.97 Å². The molecule has 0 aliphatic heterocycles. The lowest BCUT2D eigenvalue weighted by Gasteiger charge is -1.79. The largest absolute Gasteiger partial charge is 0.478 e. The van der Waals surface area contributed by atoms with Crippen molar-refractivity contribution in [3.8, 4) is 0 Å². The first kappa shape index (κ1) is 16.5. The van der Waals surface area contributed by atoms with Gasteiger partial charge in [-0.05, 0) is 5.92 Å². The summed E-state index contributed by atoms with van der Waals surface area (Å²) in [4.78, 5) is 9.25. The summed E-state index contributed by atoms with van der Waals surface area (Å²) in [6.45, 7) is 15.5. The van der Waals surface area contributed by atoms with E-state index in [1.807, 2.05) is 0 Å². The van der Waals surface area contributed by atoms with Gasteiger partial charge in [-0.1, -0.05) is 27.4 Å². The quantitative estimate of drug-likeness (QED) is 0.470. The maximum atomic E-state index is 9.25. The predicted octanol–water partition coefficient (Wildman–Crippen LogP) is 2.72. The van der Waals surface area contributed by atoms with Gasteiger partial charge >= 0.3 is 5.97 Å². The smallest absolute Gasteiger partial charge is 0.327 e. The molecule has 0 aliphatic carbocycles. The van der Waals surface area contributed by atoms with Crippen molar-refractivity contribution in [2.75, 3.05) is 0 Å². The van der Waals surface area contributed by atoms with E-state index >= 15 is 0 Å². The summed E-state index contributed by atoms with van der Waals surface area (Å²) >= 11 is 0. The molecule has 66 valence electrons. The fourth-order valence-corrected chi connectivity index (χ4v) is 0. The molecular weight excluding hydrogens is 140 g/mol. The molecule has 0 rings (SSSR count). The molecule has 2 heteroatoms. The maximum Gasteiger partial charge on any atom is 0.327 e. The van der Waals surface area contributed by atoms with Gasteiger partial charge in [-0.15, -0.1) is 13.2 Å². The number of aliphatic carboxylic acids is 1. The highest BCUT2D eigenvalue weighted by atomic mass is 16.4. The molecule has 0 atom stereocenters. The van der Waals surface area contributed by atoms with Gasteiger partial charge in [0.15, 0.2) is 0 Å². The van der Waals surface area contributed by atoms with E-state index < -0.39 is 5.97 Å². The highest BCUT2D eigenvalue weighted by molar-refractivity contribution is 5.78. The Morgan fingerprint density at radius 1 is 1.36 bits per heavy atom. The number of hydrogen-bond acceptors (Lipinski definition) is 1. The van der Waals surface area contributed by atoms with Crippen LogP contribution in [-0.2, 0) is 4.79 Å². The lowest BCUT2D eigenvalue weighted by atomic mass is 10.3. The lowest BCUT2D eigenvalue weighted by Crippen LogP contribution is -1.82. The average molecular weight is 158 g/mol. The zero-order valence-electron chi connectivity index (χ0n) is 7.63. The molecule has 0 saturated heterocycles. The second-order valence-corrected chi connectivity index (χ2v) is 2.27. The van der Waals surface area contributed by atoms with Crippen LogP contribution in [0, 0.1) is 5.92 Å². The first-order chi connectivity index (χ1) is 5.00. The fourth-order valence-electron chi connectivity index (χ4n) is 0. The summed E-state index contributed by atoms with van der Waals surface area (Å²) in [5.41, 5.74) is 0. The highest BCUT2D eigenvalue weighted by Gasteiger charge is 1.73. The van der Waals surface area contributed by atoms with E-state index in [9.17, 15) is 4.79 Å². The van der Waals surface area contributed by atoms with Crippen molar-refractivity contribution in [2.24, 2.45) is 5.92 Å². The van der Waals surface area contributed by atoms with Crippen LogP contribution in [0.4, 0.5) is 0 Å². The molecule has 0 heterocycles. The number of carbonyl (C=O) groups is 1. The van der Waals surface area contributed by atoms with Crippen LogP contribution in [0.5, 0.6) is 0 Å². The van der Waals surface area contributed by atoms with Crippen LogP contribution in [0.25, 0.3) is 0 Å². The SMILES string of the molecule is C=C.C=CC(=O)O.CC(C)C. The minimum Gasteiger partial charge on any atom is -0.478 e. The molecule has 0 spiro atoms. The molecule has 0 aromatic carbocycles. The third-order valence-electron chi connectivity index (χ3n) is 0.175. The van der Waals surface area contributed by atoms with Crippen molar-refractivity contribution in [3.63, 3.8) is 0 Å². The van der Waals surface area contributed by atoms with Crippen LogP contribution in [0.15, 0.2) is 25.8 Å². The molecule has 2 nitrogen and oxygen atoms in total. The number of carboxylic acids is 1. The third-order valence-corrected chi connectivity index (χ3v) is 0.175. The first-order valence-corrected chi connectivity index (χ1v) is 3.36. The summed E-state index contributed by atoms with van der Waals surface area (Å²) in [7, 11) is 0. The summed E-state index contributed by atoms with van der Waals surface area (Å²) in [5, 5.41) is 7.60. The fraction of sp³-hybridized carbons (Fsp3) is 0.444. The lowest BCUT2D eigenvalue weighted by molar-refractivity contribution is -0.131. The Morgan fingerprint density at radius 2 is 1.45 bits per heavy atom. The van der Waals surface area contributed by atoms with Crippen molar-refractivity contribution in [1.29, 1.82) is 0 Å². The van der Waals surface area contributed by atoms with E-state index in [1.165, 1.54) is 0 Å². The first-order valence-electron chi connectivity index (χ1n) is 3.36. The van der Waals surface area contributed by atoms with Crippen molar-refractivity contribution in [3.05, 3.63) is 25.8 Å². The second kappa shape index (κ2) is 16.0. The normalized spacial score (nSPS) is 6.55. The zero-order valence-corrected chi connectivity index (χ0v) is 7.63. The topological polar surface area (TPSA) is 37.3 Å². The molecule has 0 aromatic rings. The van der Waals surface area contributed by atoms with Crippen molar-refractivity contribution in [1.82, 2.24) is 0 Å². The molecule has 1 N–H and O–H groups in total. The van der Waals surface area contributed by atoms with Gasteiger partial charge in [-0.2, -0.15) is 0 Å². The monoisotopic (exact) mass is 158 g/mol. The zero-order chi connectivity index (χ0) is 9.86. The van der Waals surface area contributed by atoms with Gasteiger partial charge in [0.2, 0.25) is 0 Å². The Bertz CT molecular complexity index is 93.0. The van der Waals surface area contributed by atoms with Crippen LogP contribution in [0.1, 0.15) is 20.8 Å². The van der Waals surface area contributed by atoms with Crippen molar-refractivity contribution in [2.45, 2.75) is 20.8 Å². The van der Waals surface area contributed by atoms with Crippen LogP contribution >= 0.6 is 0 Å². The summed E-state index contributed by atoms with van der Waals surface area (Å²) in [6.07, 6.45) is 0.833. The summed E-state index contributed by atoms with van der Waals surface area (Å²) < 4.78 is 0. The van der Waals surface area contributed by atoms with E-state index in [2.05, 4.69) is 40.5 Å². The van der Waals surface area contributed by atoms with Gasteiger partial charge in [0.05, 0.1) is 0 Å². The minimum atomic E-state index is -0.981. The Morgan fingerprint density at radius 3 is 1.45 bits per heavy atom. The van der Waals surface area contributed by atoms with Crippen LogP contribution in [0.3, 0.4) is 0 Å². The molecule has 0 saturated carbocycles. The van der Waals surface area contributed by atoms with E-state index in [-0.39, 0.29) is 0 Å². The molecule has 0 aromatic heterocycles. The number of rotatable bonds is 1. The highest BCUT2D eigenvalue weighted by Crippen LogP contribution is 1.81. The van der Waals surface area contributed by atoms with Crippen LogP contribution in [0.2, 0.25) is 0 Å². The van der Waals surface area contributed by atoms with Gasteiger partial charge in [-0.25, -0.2) is 4.79 Å². The summed E-state index contributed by atoms with van der Waals surface area (Å²) in [5.74, 6) is -0.148. The number of hydrogen-bond donors (Lipinski definition) is 1. The maximum absolute atomic E-state index is 9.25. The van der Waals surface area contributed by atoms with E-state index in [0.29, 0.717) is 0 Å². The molecule has 0 aliphatic rings. The molecule has 11 heavy (non-hydrogen) atoms. The molecule has 0 unspecified atom stereocenters. The molecule has 0 bridgehead atoms. The minimum absolute atomic E-state index is 0.833. The number of carboxylic acid groups (broad SMARTS) is 1. The Kier molecular flexibility index (Phi) is 24.0.